The lowest BCUT2D eigenvalue weighted by molar-refractivity contribution is -0.123. The van der Waals surface area contributed by atoms with Crippen molar-refractivity contribution in [3.8, 4) is 11.5 Å². The first kappa shape index (κ1) is 47.4. The predicted octanol–water partition coefficient (Wildman–Crippen LogP) is 9.95. The number of hydrogen-bond acceptors (Lipinski definition) is 11. The Balaban J connectivity index is 0.782. The summed E-state index contributed by atoms with van der Waals surface area (Å²) in [4.78, 5) is 49.9. The molecule has 1 fully saturated rings. The average molecular weight is 913 g/mol. The zero-order chi connectivity index (χ0) is 46.8. The molecule has 13 nitrogen and oxygen atoms in total. The van der Waals surface area contributed by atoms with Crippen molar-refractivity contribution in [2.45, 2.75) is 110 Å². The second-order valence-electron chi connectivity index (χ2n) is 18.4. The van der Waals surface area contributed by atoms with Gasteiger partial charge in [-0.15, -0.1) is 0 Å². The maximum atomic E-state index is 13.3. The quantitative estimate of drug-likeness (QED) is 0.0410. The van der Waals surface area contributed by atoms with Gasteiger partial charge >= 0.3 is 0 Å². The second kappa shape index (κ2) is 21.2. The molecule has 2 heterocycles. The van der Waals surface area contributed by atoms with E-state index in [1.54, 1.807) is 41.4 Å². The summed E-state index contributed by atoms with van der Waals surface area (Å²) in [6.07, 6.45) is 7.20. The highest BCUT2D eigenvalue weighted by Crippen LogP contribution is 2.35. The number of nitrogens with one attached hydrogen (secondary N) is 3. The molecule has 5 aromatic rings. The van der Waals surface area contributed by atoms with Crippen molar-refractivity contribution in [3.05, 3.63) is 137 Å². The van der Waals surface area contributed by atoms with Gasteiger partial charge in [-0.05, 0) is 117 Å². The number of Topliss-reactive ketones (excluding diaryl/α,β-unsaturated/α-hetero) is 1. The van der Waals surface area contributed by atoms with Gasteiger partial charge in [-0.25, -0.2) is 13.4 Å². The number of anilines is 4. The van der Waals surface area contributed by atoms with E-state index in [2.05, 4.69) is 32.5 Å². The summed E-state index contributed by atoms with van der Waals surface area (Å²) in [5.74, 6) is 2.30. The van der Waals surface area contributed by atoms with Gasteiger partial charge in [0, 0.05) is 53.6 Å². The maximum absolute atomic E-state index is 13.3. The zero-order valence-electron chi connectivity index (χ0n) is 38.3. The van der Waals surface area contributed by atoms with Crippen LogP contribution in [0.5, 0.6) is 11.5 Å². The van der Waals surface area contributed by atoms with Crippen molar-refractivity contribution in [2.24, 2.45) is 5.41 Å². The number of fused-ring (bicyclic) bond motifs is 1. The minimum atomic E-state index is -3.46. The largest absolute Gasteiger partial charge is 0.494 e. The molecule has 0 radical (unpaired) electrons. The fourth-order valence-corrected chi connectivity index (χ4v) is 10.0. The number of nitrogens with zero attached hydrogens (tertiary/aromatic N) is 3. The van der Waals surface area contributed by atoms with Crippen LogP contribution < -0.4 is 25.4 Å². The predicted molar refractivity (Wildman–Crippen MR) is 257 cm³/mol. The van der Waals surface area contributed by atoms with E-state index in [0.717, 1.165) is 71.4 Å². The van der Waals surface area contributed by atoms with Crippen LogP contribution in [0.1, 0.15) is 105 Å². The van der Waals surface area contributed by atoms with Gasteiger partial charge in [0.1, 0.15) is 23.9 Å². The minimum Gasteiger partial charge on any atom is -0.494 e. The van der Waals surface area contributed by atoms with Gasteiger partial charge in [-0.1, -0.05) is 69.3 Å². The highest BCUT2D eigenvalue weighted by atomic mass is 32.2. The summed E-state index contributed by atoms with van der Waals surface area (Å²) in [6, 6.07) is 27.3. The Morgan fingerprint density at radius 3 is 2.42 bits per heavy atom. The monoisotopic (exact) mass is 912 g/mol. The van der Waals surface area contributed by atoms with Crippen molar-refractivity contribution >= 4 is 50.6 Å². The fraction of sp³-hybridized carbons (Fsp3) is 0.365. The van der Waals surface area contributed by atoms with E-state index in [4.69, 9.17) is 9.47 Å². The van der Waals surface area contributed by atoms with E-state index in [0.29, 0.717) is 74.3 Å². The molecule has 3 N–H and O–H groups in total. The van der Waals surface area contributed by atoms with Crippen LogP contribution in [-0.4, -0.2) is 59.3 Å². The molecule has 1 aliphatic heterocycles. The van der Waals surface area contributed by atoms with Crippen LogP contribution in [0.4, 0.5) is 23.1 Å². The molecule has 1 saturated carbocycles. The van der Waals surface area contributed by atoms with Crippen LogP contribution in [0, 0.1) is 12.3 Å². The first-order valence-corrected chi connectivity index (χ1v) is 24.3. The molecule has 66 heavy (non-hydrogen) atoms. The van der Waals surface area contributed by atoms with Gasteiger partial charge in [0.05, 0.1) is 29.8 Å². The Morgan fingerprint density at radius 2 is 1.65 bits per heavy atom. The number of allylic oxidation sites excluding steroid dienone is 1. The summed E-state index contributed by atoms with van der Waals surface area (Å²) < 4.78 is 38.1. The molecule has 1 aromatic heterocycles. The molecule has 0 spiro atoms. The van der Waals surface area contributed by atoms with Crippen LogP contribution in [0.15, 0.2) is 114 Å². The molecule has 14 heteroatoms. The van der Waals surface area contributed by atoms with E-state index in [1.165, 1.54) is 0 Å². The highest BCUT2D eigenvalue weighted by Gasteiger charge is 2.38. The lowest BCUT2D eigenvalue weighted by atomic mass is 10.0. The van der Waals surface area contributed by atoms with Crippen LogP contribution in [0.2, 0.25) is 0 Å². The third-order valence-corrected chi connectivity index (χ3v) is 13.7. The van der Waals surface area contributed by atoms with Gasteiger partial charge in [0.15, 0.2) is 15.6 Å². The number of ketones is 1. The Kier molecular flexibility index (Phi) is 15.2. The number of unbranched alkanes of at least 4 members (excludes halogenated alkanes) is 2. The van der Waals surface area contributed by atoms with Crippen molar-refractivity contribution in [2.75, 3.05) is 23.0 Å². The molecular formula is C52H60N6O7S. The number of hydrogen-bond donors (Lipinski definition) is 3. The molecule has 1 aliphatic carbocycles. The van der Waals surface area contributed by atoms with Crippen molar-refractivity contribution in [1.29, 1.82) is 0 Å². The fourth-order valence-electron chi connectivity index (χ4n) is 8.11. The summed E-state index contributed by atoms with van der Waals surface area (Å²) in [5, 5.41) is 9.48. The number of aromatic nitrogens is 2. The molecule has 0 saturated heterocycles. The van der Waals surface area contributed by atoms with E-state index in [1.807, 2.05) is 88.4 Å². The van der Waals surface area contributed by atoms with Gasteiger partial charge < -0.3 is 30.3 Å². The lowest BCUT2D eigenvalue weighted by Gasteiger charge is -2.25. The SMILES string of the molecule is C=C1CCC[C@H](N2Cc3c(OCc4ccc(CNC(=O)CCCCCOc5ccc(Nc6ncc(C)c(Nc7cccc(S(=O)(=O)CC(C)(C)C)c7)n6)cc5)cc4)cccc3C2=O)C(=O)C1. The molecule has 2 amide bonds. The van der Waals surface area contributed by atoms with E-state index >= 15 is 0 Å². The smallest absolute Gasteiger partial charge is 0.255 e. The summed E-state index contributed by atoms with van der Waals surface area (Å²) >= 11 is 0. The molecule has 7 rings (SSSR count). The number of aryl methyl sites for hydroxylation is 1. The van der Waals surface area contributed by atoms with Crippen molar-refractivity contribution in [3.63, 3.8) is 0 Å². The van der Waals surface area contributed by atoms with Gasteiger partial charge in [-0.2, -0.15) is 4.98 Å². The van der Waals surface area contributed by atoms with E-state index in [-0.39, 0.29) is 33.7 Å². The van der Waals surface area contributed by atoms with E-state index in [9.17, 15) is 22.8 Å². The highest BCUT2D eigenvalue weighted by molar-refractivity contribution is 7.91. The van der Waals surface area contributed by atoms with Crippen molar-refractivity contribution in [1.82, 2.24) is 20.2 Å². The molecule has 2 aliphatic rings. The number of carbonyl (C=O) groups is 3. The Hall–Kier alpha value is -6.54. The topological polar surface area (TPSA) is 169 Å². The van der Waals surface area contributed by atoms with Crippen molar-refractivity contribution < 1.29 is 32.3 Å². The van der Waals surface area contributed by atoms with Crippen LogP contribution in [0.3, 0.4) is 0 Å². The molecule has 1 atom stereocenters. The minimum absolute atomic E-state index is 0.000133. The second-order valence-corrected chi connectivity index (χ2v) is 20.4. The molecule has 4 aromatic carbocycles. The zero-order valence-corrected chi connectivity index (χ0v) is 39.1. The first-order chi connectivity index (χ1) is 31.6. The van der Waals surface area contributed by atoms with Gasteiger partial charge in [0.2, 0.25) is 11.9 Å². The Bertz CT molecular complexity index is 2660. The first-order valence-electron chi connectivity index (χ1n) is 22.6. The number of carbonyl (C=O) groups excluding carboxylic acids is 3. The molecular weight excluding hydrogens is 853 g/mol. The lowest BCUT2D eigenvalue weighted by Crippen LogP contribution is -2.40. The molecule has 0 bridgehead atoms. The third kappa shape index (κ3) is 12.8. The van der Waals surface area contributed by atoms with Gasteiger partial charge in [-0.3, -0.25) is 14.4 Å². The summed E-state index contributed by atoms with van der Waals surface area (Å²) in [5.41, 5.74) is 6.12. The number of ether oxygens (including phenoxy) is 2. The number of benzene rings is 4. The van der Waals surface area contributed by atoms with Crippen LogP contribution >= 0.6 is 0 Å². The summed E-state index contributed by atoms with van der Waals surface area (Å²) in [7, 11) is -3.46. The Labute approximate surface area is 388 Å². The van der Waals surface area contributed by atoms with Crippen LogP contribution in [-0.2, 0) is 39.1 Å². The number of rotatable bonds is 19. The Morgan fingerprint density at radius 1 is 0.894 bits per heavy atom. The third-order valence-electron chi connectivity index (χ3n) is 11.5. The van der Waals surface area contributed by atoms with Crippen LogP contribution in [0.25, 0.3) is 0 Å². The maximum Gasteiger partial charge on any atom is 0.255 e. The molecule has 0 unspecified atom stereocenters. The average Bonchev–Trinajstić information content (AvgIpc) is 3.51. The normalized spacial score (nSPS) is 15.2. The standard InChI is InChI=1S/C52H60N6O7S/c1-35-12-9-16-45(46(59)28-35)58-32-44-43(50(58)61)15-11-17-47(44)65-33-38-21-19-37(20-22-38)31-53-48(60)18-7-6-8-27-64-41-25-23-39(24-26-41)56-51-54-30-36(2)49(57-51)55-40-13-10-14-42(29-40)66(62,63)34-52(3,4)5/h10-11,13-15,17,19-26,29-30,45H,1,6-9,12,16,18,27-28,31-34H2,2-5H3,(H,53,60)(H2,54,55,56,57)/t45-/m0/s1. The van der Waals surface area contributed by atoms with Gasteiger partial charge in [0.25, 0.3) is 5.91 Å². The summed E-state index contributed by atoms with van der Waals surface area (Å²) in [6.45, 7) is 13.2. The van der Waals surface area contributed by atoms with E-state index < -0.39 is 15.9 Å². The molecule has 346 valence electrons. The number of amides is 2. The number of sulfone groups is 1.